The van der Waals surface area contributed by atoms with Gasteiger partial charge < -0.3 is 10.1 Å². The lowest BCUT2D eigenvalue weighted by Gasteiger charge is -2.19. The monoisotopic (exact) mass is 292 g/mol. The van der Waals surface area contributed by atoms with Crippen LogP contribution in [0.15, 0.2) is 12.3 Å². The highest BCUT2D eigenvalue weighted by molar-refractivity contribution is 5.79. The molecule has 8 heteroatoms. The maximum absolute atomic E-state index is 11.7. The zero-order valence-electron chi connectivity index (χ0n) is 12.0. The summed E-state index contributed by atoms with van der Waals surface area (Å²) in [6, 6.07) is 2.26. The van der Waals surface area contributed by atoms with Crippen LogP contribution in [0.4, 0.5) is 11.5 Å². The number of anilines is 1. The van der Waals surface area contributed by atoms with Gasteiger partial charge in [0.05, 0.1) is 12.0 Å². The summed E-state index contributed by atoms with van der Waals surface area (Å²) in [7, 11) is 1.27. The number of nitrogens with zero attached hydrogens (tertiary/aromatic N) is 3. The minimum Gasteiger partial charge on any atom is -0.467 e. The maximum atomic E-state index is 11.7. The molecule has 1 rings (SSSR count). The molecular weight excluding hydrogens is 276 g/mol. The van der Waals surface area contributed by atoms with Crippen molar-refractivity contribution in [3.05, 3.63) is 27.9 Å². The molecule has 0 aliphatic rings. The Kier molecular flexibility index (Phi) is 5.60. The van der Waals surface area contributed by atoms with Gasteiger partial charge in [-0.3, -0.25) is 10.1 Å². The summed E-state index contributed by atoms with van der Waals surface area (Å²) in [6.45, 7) is 3.87. The van der Waals surface area contributed by atoms with Crippen LogP contribution < -0.4 is 5.32 Å². The molecule has 1 aromatic rings. The Hall–Kier alpha value is -2.69. The number of carbonyl (C=O) groups is 1. The third-order valence-corrected chi connectivity index (χ3v) is 2.71. The van der Waals surface area contributed by atoms with Crippen molar-refractivity contribution in [1.29, 1.82) is 5.26 Å². The van der Waals surface area contributed by atoms with E-state index in [0.29, 0.717) is 6.42 Å². The number of ether oxygens (including phenoxy) is 1. The molecule has 0 radical (unpaired) electrons. The topological polar surface area (TPSA) is 118 Å². The third kappa shape index (κ3) is 4.42. The van der Waals surface area contributed by atoms with E-state index in [1.54, 1.807) is 0 Å². The molecule has 1 heterocycles. The number of hydrogen-bond donors (Lipinski definition) is 1. The first-order valence-corrected chi connectivity index (χ1v) is 6.28. The number of methoxy groups -OCH3 is 1. The van der Waals surface area contributed by atoms with Crippen molar-refractivity contribution in [1.82, 2.24) is 4.98 Å². The van der Waals surface area contributed by atoms with E-state index in [2.05, 4.69) is 10.3 Å². The zero-order valence-corrected chi connectivity index (χ0v) is 12.0. The molecule has 0 spiro atoms. The molecule has 0 amide bonds. The number of pyridine rings is 1. The quantitative estimate of drug-likeness (QED) is 0.483. The van der Waals surface area contributed by atoms with Crippen molar-refractivity contribution >= 4 is 17.5 Å². The van der Waals surface area contributed by atoms with Gasteiger partial charge in [-0.1, -0.05) is 13.8 Å². The fraction of sp³-hybridized carbons (Fsp3) is 0.462. The normalized spacial score (nSPS) is 11.6. The first-order valence-electron chi connectivity index (χ1n) is 6.28. The molecule has 1 N–H and O–H groups in total. The fourth-order valence-corrected chi connectivity index (χ4v) is 1.75. The SMILES string of the molecule is COC(=O)C(CC(C)C)Nc1ncc([N+](=O)[O-])cc1C#N. The minimum absolute atomic E-state index is 0.00172. The molecule has 1 unspecified atom stereocenters. The molecule has 112 valence electrons. The smallest absolute Gasteiger partial charge is 0.328 e. The molecule has 0 saturated heterocycles. The Balaban J connectivity index is 3.06. The van der Waals surface area contributed by atoms with Crippen molar-refractivity contribution < 1.29 is 14.5 Å². The second kappa shape index (κ2) is 7.19. The second-order valence-corrected chi connectivity index (χ2v) is 4.81. The van der Waals surface area contributed by atoms with Gasteiger partial charge in [0.2, 0.25) is 0 Å². The maximum Gasteiger partial charge on any atom is 0.328 e. The lowest BCUT2D eigenvalue weighted by atomic mass is 10.0. The molecule has 0 saturated carbocycles. The largest absolute Gasteiger partial charge is 0.467 e. The number of nitro groups is 1. The highest BCUT2D eigenvalue weighted by Gasteiger charge is 2.23. The summed E-state index contributed by atoms with van der Waals surface area (Å²) >= 11 is 0. The zero-order chi connectivity index (χ0) is 16.0. The Labute approximate surface area is 121 Å². The standard InChI is InChI=1S/C13H16N4O4/c1-8(2)4-11(13(18)21-3)16-12-9(6-14)5-10(7-15-12)17(19)20/h5,7-8,11H,4H2,1-3H3,(H,15,16). The van der Waals surface area contributed by atoms with Gasteiger partial charge in [-0.15, -0.1) is 0 Å². The van der Waals surface area contributed by atoms with E-state index in [1.807, 2.05) is 19.9 Å². The number of hydrogen-bond acceptors (Lipinski definition) is 7. The highest BCUT2D eigenvalue weighted by Crippen LogP contribution is 2.20. The summed E-state index contributed by atoms with van der Waals surface area (Å²) in [6.07, 6.45) is 1.52. The highest BCUT2D eigenvalue weighted by atomic mass is 16.6. The van der Waals surface area contributed by atoms with E-state index in [1.165, 1.54) is 7.11 Å². The third-order valence-electron chi connectivity index (χ3n) is 2.71. The number of nitriles is 1. The molecule has 0 bridgehead atoms. The van der Waals surface area contributed by atoms with E-state index >= 15 is 0 Å². The summed E-state index contributed by atoms with van der Waals surface area (Å²) in [5, 5.41) is 22.5. The van der Waals surface area contributed by atoms with Gasteiger partial charge in [-0.25, -0.2) is 9.78 Å². The Morgan fingerprint density at radius 2 is 2.29 bits per heavy atom. The van der Waals surface area contributed by atoms with Crippen molar-refractivity contribution in [2.45, 2.75) is 26.3 Å². The van der Waals surface area contributed by atoms with Crippen LogP contribution in [0.5, 0.6) is 0 Å². The van der Waals surface area contributed by atoms with Crippen LogP contribution in [0.25, 0.3) is 0 Å². The molecule has 0 aliphatic heterocycles. The van der Waals surface area contributed by atoms with Gasteiger partial charge >= 0.3 is 5.97 Å². The molecule has 0 aliphatic carbocycles. The number of rotatable bonds is 6. The summed E-state index contributed by atoms with van der Waals surface area (Å²) in [5.74, 6) is -0.142. The van der Waals surface area contributed by atoms with Crippen LogP contribution in [-0.2, 0) is 9.53 Å². The van der Waals surface area contributed by atoms with Crippen LogP contribution >= 0.6 is 0 Å². The molecule has 1 atom stereocenters. The molecular formula is C13H16N4O4. The van der Waals surface area contributed by atoms with Crippen LogP contribution in [0.2, 0.25) is 0 Å². The number of nitrogens with one attached hydrogen (secondary N) is 1. The first kappa shape index (κ1) is 16.4. The van der Waals surface area contributed by atoms with Gasteiger partial charge in [-0.2, -0.15) is 5.26 Å². The van der Waals surface area contributed by atoms with E-state index in [4.69, 9.17) is 10.00 Å². The van der Waals surface area contributed by atoms with Crippen molar-refractivity contribution in [2.75, 3.05) is 12.4 Å². The van der Waals surface area contributed by atoms with E-state index in [9.17, 15) is 14.9 Å². The Morgan fingerprint density at radius 1 is 1.62 bits per heavy atom. The lowest BCUT2D eigenvalue weighted by Crippen LogP contribution is -2.32. The van der Waals surface area contributed by atoms with Gasteiger partial charge in [0, 0.05) is 6.07 Å². The number of esters is 1. The van der Waals surface area contributed by atoms with Crippen molar-refractivity contribution in [3.8, 4) is 6.07 Å². The van der Waals surface area contributed by atoms with Crippen molar-refractivity contribution in [3.63, 3.8) is 0 Å². The molecule has 1 aromatic heterocycles. The van der Waals surface area contributed by atoms with Crippen LogP contribution in [0, 0.1) is 27.4 Å². The first-order chi connectivity index (χ1) is 9.88. The summed E-state index contributed by atoms with van der Waals surface area (Å²) in [4.78, 5) is 25.6. The van der Waals surface area contributed by atoms with E-state index in [0.717, 1.165) is 12.3 Å². The predicted octanol–water partition coefficient (Wildman–Crippen LogP) is 1.86. The number of carbonyl (C=O) groups excluding carboxylic acids is 1. The summed E-state index contributed by atoms with van der Waals surface area (Å²) < 4.78 is 4.70. The number of aromatic nitrogens is 1. The average molecular weight is 292 g/mol. The molecule has 8 nitrogen and oxygen atoms in total. The fourth-order valence-electron chi connectivity index (χ4n) is 1.75. The lowest BCUT2D eigenvalue weighted by molar-refractivity contribution is -0.385. The Bertz CT molecular complexity index is 580. The molecule has 21 heavy (non-hydrogen) atoms. The van der Waals surface area contributed by atoms with Crippen molar-refractivity contribution in [2.24, 2.45) is 5.92 Å². The van der Waals surface area contributed by atoms with Crippen LogP contribution in [-0.4, -0.2) is 29.0 Å². The van der Waals surface area contributed by atoms with Gasteiger partial charge in [0.25, 0.3) is 5.69 Å². The average Bonchev–Trinajstić information content (AvgIpc) is 2.45. The van der Waals surface area contributed by atoms with Gasteiger partial charge in [-0.05, 0) is 12.3 Å². The molecule has 0 fully saturated rings. The van der Waals surface area contributed by atoms with Crippen LogP contribution in [0.3, 0.4) is 0 Å². The predicted molar refractivity (Wildman–Crippen MR) is 74.5 cm³/mol. The Morgan fingerprint density at radius 3 is 2.76 bits per heavy atom. The van der Waals surface area contributed by atoms with Gasteiger partial charge in [0.1, 0.15) is 29.7 Å². The second-order valence-electron chi connectivity index (χ2n) is 4.81. The van der Waals surface area contributed by atoms with E-state index < -0.39 is 16.9 Å². The van der Waals surface area contributed by atoms with Crippen LogP contribution in [0.1, 0.15) is 25.8 Å². The van der Waals surface area contributed by atoms with Gasteiger partial charge in [0.15, 0.2) is 0 Å². The summed E-state index contributed by atoms with van der Waals surface area (Å²) in [5.41, 5.74) is -0.280. The molecule has 0 aromatic carbocycles. The van der Waals surface area contributed by atoms with E-state index in [-0.39, 0.29) is 23.0 Å². The minimum atomic E-state index is -0.670.